The number of hydrogen-bond donors (Lipinski definition) is 0. The van der Waals surface area contributed by atoms with Crippen LogP contribution in [0.3, 0.4) is 0 Å². The minimum atomic E-state index is -1.34. The van der Waals surface area contributed by atoms with Crippen molar-refractivity contribution in [2.75, 3.05) is 0 Å². The van der Waals surface area contributed by atoms with Crippen LogP contribution in [-0.2, 0) is 9.31 Å². The van der Waals surface area contributed by atoms with E-state index in [2.05, 4.69) is 125 Å². The molecule has 0 saturated carbocycles. The lowest BCUT2D eigenvalue weighted by Gasteiger charge is -2.54. The fourth-order valence-corrected chi connectivity index (χ4v) is 4.61. The van der Waals surface area contributed by atoms with Gasteiger partial charge in [0.25, 0.3) is 0 Å². The van der Waals surface area contributed by atoms with Crippen LogP contribution >= 0.6 is 0 Å². The van der Waals surface area contributed by atoms with Crippen LogP contribution in [0.5, 0.6) is 0 Å². The van der Waals surface area contributed by atoms with Crippen LogP contribution in [0.2, 0.25) is 19.6 Å². The zero-order valence-electron chi connectivity index (χ0n) is 21.5. The number of hydrogen-bond acceptors (Lipinski definition) is 2. The van der Waals surface area contributed by atoms with Gasteiger partial charge in [-0.15, -0.1) is 5.70 Å². The maximum atomic E-state index is 6.78. The van der Waals surface area contributed by atoms with Crippen LogP contribution < -0.4 is 0 Å². The van der Waals surface area contributed by atoms with Crippen molar-refractivity contribution in [1.29, 1.82) is 0 Å². The second-order valence-corrected chi connectivity index (χ2v) is 17.1. The van der Waals surface area contributed by atoms with Gasteiger partial charge < -0.3 is 9.31 Å². The van der Waals surface area contributed by atoms with Gasteiger partial charge in [0.05, 0.1) is 19.3 Å². The van der Waals surface area contributed by atoms with Gasteiger partial charge in [-0.05, 0) is 25.7 Å². The molecule has 2 atom stereocenters. The minimum absolute atomic E-state index is 0.198. The lowest BCUT2D eigenvalue weighted by molar-refractivity contribution is -0.129. The predicted molar refractivity (Wildman–Crippen MR) is 133 cm³/mol. The molecule has 0 N–H and O–H groups in total. The normalized spacial score (nSPS) is 27.6. The summed E-state index contributed by atoms with van der Waals surface area (Å²) in [5, 5.41) is 0. The van der Waals surface area contributed by atoms with Crippen molar-refractivity contribution in [3.05, 3.63) is 36.0 Å². The highest BCUT2D eigenvalue weighted by Crippen LogP contribution is 2.57. The number of allylic oxidation sites excluding steroid dienone is 2. The average molecular weight is 419 g/mol. The van der Waals surface area contributed by atoms with Crippen molar-refractivity contribution in [2.24, 2.45) is 22.7 Å². The monoisotopic (exact) mass is 418 g/mol. The lowest BCUT2D eigenvalue weighted by Crippen LogP contribution is -2.62. The third-order valence-corrected chi connectivity index (χ3v) is 7.81. The summed E-state index contributed by atoms with van der Waals surface area (Å²) in [7, 11) is -1.66. The Balaban J connectivity index is 3.52. The van der Waals surface area contributed by atoms with Crippen molar-refractivity contribution < 1.29 is 9.31 Å². The zero-order chi connectivity index (χ0) is 22.9. The van der Waals surface area contributed by atoms with Gasteiger partial charge in [-0.1, -0.05) is 105 Å². The molecule has 1 heterocycles. The molecule has 1 rings (SSSR count). The predicted octanol–water partition coefficient (Wildman–Crippen LogP) is 7.49. The molecule has 0 radical (unpaired) electrons. The Labute approximate surface area is 183 Å². The highest BCUT2D eigenvalue weighted by molar-refractivity contribution is 6.81. The van der Waals surface area contributed by atoms with Gasteiger partial charge >= 0.3 is 7.12 Å². The van der Waals surface area contributed by atoms with Crippen LogP contribution in [0.25, 0.3) is 0 Å². The summed E-state index contributed by atoms with van der Waals surface area (Å²) in [4.78, 5) is 0. The maximum Gasteiger partial charge on any atom is 0.486 e. The van der Waals surface area contributed by atoms with Gasteiger partial charge in [0, 0.05) is 10.8 Å². The Morgan fingerprint density at radius 1 is 0.759 bits per heavy atom. The van der Waals surface area contributed by atoms with E-state index in [0.29, 0.717) is 11.8 Å². The van der Waals surface area contributed by atoms with E-state index in [0.717, 1.165) is 0 Å². The molecule has 1 fully saturated rings. The molecule has 166 valence electrons. The molecule has 0 aromatic heterocycles. The van der Waals surface area contributed by atoms with Crippen molar-refractivity contribution in [3.8, 4) is 0 Å². The first kappa shape index (κ1) is 26.5. The smallest absolute Gasteiger partial charge is 0.399 e. The van der Waals surface area contributed by atoms with E-state index in [1.54, 1.807) is 0 Å². The molecule has 0 amide bonds. The Morgan fingerprint density at radius 3 is 1.38 bits per heavy atom. The van der Waals surface area contributed by atoms with Gasteiger partial charge in [0.2, 0.25) is 0 Å². The third kappa shape index (κ3) is 5.98. The largest absolute Gasteiger partial charge is 0.486 e. The Kier molecular flexibility index (Phi) is 8.10. The quantitative estimate of drug-likeness (QED) is 0.300. The molecule has 0 aromatic rings. The molecule has 1 aliphatic rings. The van der Waals surface area contributed by atoms with Crippen molar-refractivity contribution in [3.63, 3.8) is 0 Å². The molecule has 29 heavy (non-hydrogen) atoms. The van der Waals surface area contributed by atoms with Gasteiger partial charge in [-0.2, -0.15) is 0 Å². The Morgan fingerprint density at radius 2 is 1.10 bits per heavy atom. The van der Waals surface area contributed by atoms with Gasteiger partial charge in [-0.25, -0.2) is 0 Å². The van der Waals surface area contributed by atoms with Crippen molar-refractivity contribution in [2.45, 2.75) is 100 Å². The molecule has 2 nitrogen and oxygen atoms in total. The summed E-state index contributed by atoms with van der Waals surface area (Å²) in [6, 6.07) is 0. The number of rotatable bonds is 8. The van der Waals surface area contributed by atoms with E-state index in [1.165, 1.54) is 0 Å². The molecule has 4 heteroatoms. The highest BCUT2D eigenvalue weighted by atomic mass is 28.3. The van der Waals surface area contributed by atoms with Crippen LogP contribution in [-0.4, -0.2) is 26.4 Å². The second kappa shape index (κ2) is 8.88. The van der Waals surface area contributed by atoms with Crippen LogP contribution in [0.4, 0.5) is 0 Å². The van der Waals surface area contributed by atoms with E-state index >= 15 is 0 Å². The molecule has 0 spiro atoms. The summed E-state index contributed by atoms with van der Waals surface area (Å²) >= 11 is 0. The van der Waals surface area contributed by atoms with Crippen LogP contribution in [0, 0.1) is 22.7 Å². The third-order valence-electron chi connectivity index (χ3n) is 6.62. The topological polar surface area (TPSA) is 18.5 Å². The van der Waals surface area contributed by atoms with E-state index in [1.807, 2.05) is 0 Å². The summed E-state index contributed by atoms with van der Waals surface area (Å²) in [6.45, 7) is 29.5. The zero-order valence-corrected chi connectivity index (χ0v) is 22.5. The van der Waals surface area contributed by atoms with E-state index in [-0.39, 0.29) is 17.9 Å². The van der Waals surface area contributed by atoms with Gasteiger partial charge in [-0.3, -0.25) is 0 Å². The maximum absolute atomic E-state index is 6.78. The summed E-state index contributed by atoms with van der Waals surface area (Å²) in [5.74, 6) is 3.16. The Bertz CT molecular complexity index is 596. The van der Waals surface area contributed by atoms with Gasteiger partial charge in [0.15, 0.2) is 0 Å². The standard InChI is InChI=1S/C25H47BO2Si/c1-20(2)14-16-22(5,6)24(9)25(10,23(7,8)17-15-21(3)4)28-26(27-24)18-19-29(11,12)13/h14-21H,1-13H3/b16-14+,17-15+,19-18+. The average Bonchev–Trinajstić information content (AvgIpc) is 2.83. The molecular weight excluding hydrogens is 371 g/mol. The molecule has 0 aromatic carbocycles. The first-order chi connectivity index (χ1) is 12.9. The Hall–Kier alpha value is -0.578. The summed E-state index contributed by atoms with van der Waals surface area (Å²) in [6.07, 6.45) is 9.23. The summed E-state index contributed by atoms with van der Waals surface area (Å²) in [5.41, 5.74) is 0.945. The molecule has 1 aliphatic heterocycles. The fourth-order valence-electron chi connectivity index (χ4n) is 3.88. The van der Waals surface area contributed by atoms with E-state index in [4.69, 9.17) is 9.31 Å². The lowest BCUT2D eigenvalue weighted by atomic mass is 9.58. The SMILES string of the molecule is CC(C)/C=C/C(C)(C)C1(C)OB(/C=C/[Si](C)(C)C)OC1(C)C(C)(C)/C=C/C(C)C. The minimum Gasteiger partial charge on any atom is -0.399 e. The van der Waals surface area contributed by atoms with Crippen molar-refractivity contribution in [1.82, 2.24) is 0 Å². The second-order valence-electron chi connectivity index (χ2n) is 12.0. The van der Waals surface area contributed by atoms with E-state index < -0.39 is 19.3 Å². The summed E-state index contributed by atoms with van der Waals surface area (Å²) < 4.78 is 13.6. The van der Waals surface area contributed by atoms with Gasteiger partial charge in [0.1, 0.15) is 0 Å². The van der Waals surface area contributed by atoms with Crippen LogP contribution in [0.15, 0.2) is 36.0 Å². The molecule has 2 unspecified atom stereocenters. The molecule has 1 saturated heterocycles. The van der Waals surface area contributed by atoms with Crippen LogP contribution in [0.1, 0.15) is 69.2 Å². The van der Waals surface area contributed by atoms with Crippen molar-refractivity contribution >= 4 is 15.2 Å². The first-order valence-electron chi connectivity index (χ1n) is 11.3. The first-order valence-corrected chi connectivity index (χ1v) is 14.9. The molecule has 0 aliphatic carbocycles. The fraction of sp³-hybridized carbons (Fsp3) is 0.760. The van der Waals surface area contributed by atoms with E-state index in [9.17, 15) is 0 Å². The molecular formula is C25H47BO2Si. The molecule has 0 bridgehead atoms. The highest BCUT2D eigenvalue weighted by Gasteiger charge is 2.66.